The van der Waals surface area contributed by atoms with Crippen LogP contribution in [0.2, 0.25) is 0 Å². The van der Waals surface area contributed by atoms with Crippen molar-refractivity contribution in [2.75, 3.05) is 9.80 Å². The molecule has 8 aromatic heterocycles. The summed E-state index contributed by atoms with van der Waals surface area (Å²) in [5, 5.41) is 16.0. The van der Waals surface area contributed by atoms with Gasteiger partial charge in [0, 0.05) is 86.2 Å². The predicted molar refractivity (Wildman–Crippen MR) is 581 cm³/mol. The lowest BCUT2D eigenvalue weighted by molar-refractivity contribution is 0.0910. The number of nitrogens with zero attached hydrogens (tertiary/aromatic N) is 10. The third-order valence-corrected chi connectivity index (χ3v) is 30.7. The third kappa shape index (κ3) is 10.4. The molecule has 0 spiro atoms. The highest BCUT2D eigenvalue weighted by Gasteiger charge is 2.51. The Morgan fingerprint density at radius 1 is 0.134 bits per heavy atom. The first-order valence-corrected chi connectivity index (χ1v) is 48.3. The molecule has 0 unspecified atom stereocenters. The molecule has 4 amide bonds. The van der Waals surface area contributed by atoms with Crippen LogP contribution in [0.25, 0.3) is 231 Å². The van der Waals surface area contributed by atoms with Crippen molar-refractivity contribution in [3.05, 3.63) is 457 Å². The summed E-state index contributed by atoms with van der Waals surface area (Å²) in [4.78, 5) is 75.5. The number of hydrogen-bond donors (Lipinski definition) is 0. The molecule has 0 bridgehead atoms. The van der Waals surface area contributed by atoms with E-state index in [4.69, 9.17) is 0 Å². The standard InChI is InChI=1S/C128H80N10O4/c1-73-69-77(70-74(2)115(73)137-125(139)111-112(126(137)140)118(130-97-55-23-7-39-81(97)82-40-8-24-56-98(82)130)122(134-105-63-31-15-47-89(105)90-48-16-32-64-106(90)134)121(133-103-61-29-13-45-87(103)88-46-14-30-62-104(88)133)117(111)129-95-53-21-5-37-79(95)80-38-6-22-54-96(80)129)78-71-75(3)116(76(4)72-78)138-127(141)113-114(128(138)142)120(132-101-59-27-11-43-85(101)86-44-12-28-60-102(86)132)124(136-109-67-35-19-51-93(109)94-52-20-36-68-110(94)136)123(135-107-65-33-17-49-91(107)92-50-18-34-66-108(92)135)119(113)131-99-57-25-9-41-83(99)84-42-10-26-58-100(84)131/h5-72H,1-4H3. The first-order valence-electron chi connectivity index (χ1n) is 48.3. The van der Waals surface area contributed by atoms with E-state index in [9.17, 15) is 0 Å². The van der Waals surface area contributed by atoms with Crippen LogP contribution in [-0.4, -0.2) is 60.2 Å². The molecule has 30 rings (SSSR count). The molecule has 0 atom stereocenters. The molecule has 0 N–H and O–H groups in total. The van der Waals surface area contributed by atoms with Crippen LogP contribution in [0.3, 0.4) is 0 Å². The summed E-state index contributed by atoms with van der Waals surface area (Å²) < 4.78 is 18.6. The van der Waals surface area contributed by atoms with Crippen LogP contribution in [0.15, 0.2) is 413 Å². The van der Waals surface area contributed by atoms with Gasteiger partial charge >= 0.3 is 0 Å². The van der Waals surface area contributed by atoms with Gasteiger partial charge < -0.3 is 36.5 Å². The average Bonchev–Trinajstić information content (AvgIpc) is 1.51. The Labute approximate surface area is 810 Å². The smallest absolute Gasteiger partial charge is 0.268 e. The van der Waals surface area contributed by atoms with Gasteiger partial charge in [-0.05, 0) is 182 Å². The lowest BCUT2D eigenvalue weighted by Crippen LogP contribution is -2.31. The summed E-state index contributed by atoms with van der Waals surface area (Å²) >= 11 is 0. The number of carbonyl (C=O) groups excluding carboxylic acids is 4. The van der Waals surface area contributed by atoms with E-state index < -0.39 is 23.6 Å². The molecule has 20 aromatic carbocycles. The minimum Gasteiger partial charge on any atom is -0.306 e. The highest BCUT2D eigenvalue weighted by atomic mass is 16.2. The van der Waals surface area contributed by atoms with E-state index in [1.165, 1.54) is 9.80 Å². The number of imide groups is 2. The second-order valence-corrected chi connectivity index (χ2v) is 38.1. The normalized spacial score (nSPS) is 13.1. The lowest BCUT2D eigenvalue weighted by atomic mass is 9.94. The molecule has 14 nitrogen and oxygen atoms in total. The topological polar surface area (TPSA) is 114 Å². The second-order valence-electron chi connectivity index (χ2n) is 38.1. The Kier molecular flexibility index (Phi) is 16.4. The second kappa shape index (κ2) is 29.3. The molecular weight excluding hydrogens is 1740 g/mol. The van der Waals surface area contributed by atoms with Crippen molar-refractivity contribution in [2.45, 2.75) is 27.7 Å². The number of rotatable bonds is 11. The summed E-state index contributed by atoms with van der Waals surface area (Å²) in [5.41, 5.74) is 25.1. The van der Waals surface area contributed by atoms with Crippen molar-refractivity contribution in [2.24, 2.45) is 0 Å². The molecule has 28 aromatic rings. The van der Waals surface area contributed by atoms with Gasteiger partial charge in [-0.2, -0.15) is 0 Å². The maximum absolute atomic E-state index is 18.1. The van der Waals surface area contributed by atoms with Crippen LogP contribution in [0.4, 0.5) is 11.4 Å². The maximum Gasteiger partial charge on any atom is 0.268 e. The van der Waals surface area contributed by atoms with E-state index >= 15 is 19.2 Å². The van der Waals surface area contributed by atoms with Gasteiger partial charge in [-0.3, -0.25) is 19.2 Å². The van der Waals surface area contributed by atoms with Gasteiger partial charge in [0.05, 0.1) is 167 Å². The van der Waals surface area contributed by atoms with E-state index in [2.05, 4.69) is 449 Å². The predicted octanol–water partition coefficient (Wildman–Crippen LogP) is 31.0. The third-order valence-electron chi connectivity index (χ3n) is 30.7. The molecule has 2 aliphatic rings. The summed E-state index contributed by atoms with van der Waals surface area (Å²) in [7, 11) is 0. The fourth-order valence-electron chi connectivity index (χ4n) is 25.2. The Morgan fingerprint density at radius 2 is 0.239 bits per heavy atom. The van der Waals surface area contributed by atoms with E-state index in [1.54, 1.807) is 0 Å². The quantitative estimate of drug-likeness (QED) is 0.120. The van der Waals surface area contributed by atoms with Gasteiger partial charge in [0.25, 0.3) is 23.6 Å². The van der Waals surface area contributed by atoms with Crippen LogP contribution in [0.5, 0.6) is 0 Å². The highest BCUT2D eigenvalue weighted by molar-refractivity contribution is 6.41. The number of fused-ring (bicyclic) bond motifs is 26. The first kappa shape index (κ1) is 79.3. The number of carbonyl (C=O) groups is 4. The molecule has 0 fully saturated rings. The van der Waals surface area contributed by atoms with Crippen molar-refractivity contribution in [1.29, 1.82) is 0 Å². The van der Waals surface area contributed by atoms with Gasteiger partial charge in [0.15, 0.2) is 0 Å². The molecule has 0 aliphatic carbocycles. The molecule has 0 saturated heterocycles. The molecule has 142 heavy (non-hydrogen) atoms. The largest absolute Gasteiger partial charge is 0.306 e. The Morgan fingerprint density at radius 3 is 0.359 bits per heavy atom. The number of aryl methyl sites for hydroxylation is 4. The molecule has 14 heteroatoms. The van der Waals surface area contributed by atoms with Gasteiger partial charge in [0.2, 0.25) is 0 Å². The fourth-order valence-corrected chi connectivity index (χ4v) is 25.2. The van der Waals surface area contributed by atoms with E-state index in [1.807, 2.05) is 27.7 Å². The van der Waals surface area contributed by atoms with Crippen LogP contribution in [0.1, 0.15) is 63.7 Å². The van der Waals surface area contributed by atoms with E-state index in [0.29, 0.717) is 79.1 Å². The minimum absolute atomic E-state index is 0.239. The Hall–Kier alpha value is -18.9. The number of hydrogen-bond acceptors (Lipinski definition) is 4. The van der Waals surface area contributed by atoms with Crippen molar-refractivity contribution < 1.29 is 19.2 Å². The van der Waals surface area contributed by atoms with Gasteiger partial charge in [-0.25, -0.2) is 9.80 Å². The van der Waals surface area contributed by atoms with Crippen molar-refractivity contribution in [1.82, 2.24) is 36.5 Å². The molecule has 10 heterocycles. The van der Waals surface area contributed by atoms with Gasteiger partial charge in [0.1, 0.15) is 0 Å². The zero-order valence-electron chi connectivity index (χ0n) is 77.4. The fraction of sp³-hybridized carbons (Fsp3) is 0.0312. The van der Waals surface area contributed by atoms with E-state index in [-0.39, 0.29) is 22.3 Å². The molecule has 0 radical (unpaired) electrons. The van der Waals surface area contributed by atoms with Gasteiger partial charge in [-0.1, -0.05) is 291 Å². The average molecular weight is 1820 g/mol. The molecule has 2 aliphatic heterocycles. The van der Waals surface area contributed by atoms with Crippen molar-refractivity contribution in [3.8, 4) is 56.6 Å². The zero-order chi connectivity index (χ0) is 94.2. The molecule has 0 saturated carbocycles. The number of aromatic nitrogens is 8. The maximum atomic E-state index is 18.1. The number of benzene rings is 20. The summed E-state index contributed by atoms with van der Waals surface area (Å²) in [6.07, 6.45) is 0. The lowest BCUT2D eigenvalue weighted by Gasteiger charge is -2.28. The summed E-state index contributed by atoms with van der Waals surface area (Å²) in [5.74, 6) is -1.95. The van der Waals surface area contributed by atoms with Gasteiger partial charge in [-0.15, -0.1) is 0 Å². The van der Waals surface area contributed by atoms with Crippen LogP contribution in [-0.2, 0) is 0 Å². The number of anilines is 2. The monoisotopic (exact) mass is 1820 g/mol. The van der Waals surface area contributed by atoms with Crippen LogP contribution in [0, 0.1) is 27.7 Å². The van der Waals surface area contributed by atoms with Crippen LogP contribution < -0.4 is 9.80 Å². The SMILES string of the molecule is Cc1cc(-c2cc(C)c(N3C(=O)c4c(c(-n5c6ccccc6c6ccccc65)c(-n5c6ccccc6c6ccccc65)c(-n5c6ccccc6c6ccccc65)c4-n4c5ccccc5c5ccccc54)C3=O)c(C)c2)cc(C)c1N1C(=O)c2c(c(-n3c4ccccc4c4ccccc43)c(-n3c4ccccc4c4ccccc43)c(-n3c4ccccc4c4ccccc43)c2-n2c3ccccc3c3ccccc32)C1=O. The summed E-state index contributed by atoms with van der Waals surface area (Å²) in [6.45, 7) is 8.01. The van der Waals surface area contributed by atoms with Crippen molar-refractivity contribution in [3.63, 3.8) is 0 Å². The Bertz CT molecular complexity index is 9040. The zero-order valence-corrected chi connectivity index (χ0v) is 77.4. The van der Waals surface area contributed by atoms with E-state index in [0.717, 1.165) is 186 Å². The van der Waals surface area contributed by atoms with Crippen molar-refractivity contribution >= 4 is 209 Å². The van der Waals surface area contributed by atoms with Crippen LogP contribution >= 0.6 is 0 Å². The Balaban J connectivity index is 0.668. The first-order chi connectivity index (χ1) is 69.9. The minimum atomic E-state index is -0.488. The molecule has 666 valence electrons. The number of para-hydroxylation sites is 16. The molecular formula is C128H80N10O4. The summed E-state index contributed by atoms with van der Waals surface area (Å²) in [6, 6.07) is 144. The highest BCUT2D eigenvalue weighted by Crippen LogP contribution is 2.57. The number of amides is 4.